The van der Waals surface area contributed by atoms with Crippen molar-refractivity contribution < 1.29 is 9.53 Å². The molecule has 3 aromatic heterocycles. The van der Waals surface area contributed by atoms with Gasteiger partial charge in [0.05, 0.1) is 24.2 Å². The van der Waals surface area contributed by atoms with Gasteiger partial charge in [0.25, 0.3) is 5.56 Å². The highest BCUT2D eigenvalue weighted by Crippen LogP contribution is 2.26. The fourth-order valence-electron chi connectivity index (χ4n) is 3.00. The number of aryl methyl sites for hydroxylation is 1. The Kier molecular flexibility index (Phi) is 6.70. The summed E-state index contributed by atoms with van der Waals surface area (Å²) < 4.78 is 7.08. The van der Waals surface area contributed by atoms with Crippen LogP contribution < -0.4 is 21.3 Å². The van der Waals surface area contributed by atoms with Crippen LogP contribution in [0.3, 0.4) is 0 Å². The number of nitrogens with zero attached hydrogens (tertiary/aromatic N) is 4. The second-order valence-electron chi connectivity index (χ2n) is 6.86. The van der Waals surface area contributed by atoms with Crippen molar-refractivity contribution >= 4 is 34.1 Å². The van der Waals surface area contributed by atoms with Gasteiger partial charge >= 0.3 is 5.69 Å². The summed E-state index contributed by atoms with van der Waals surface area (Å²) in [6.07, 6.45) is 0.147. The quantitative estimate of drug-likeness (QED) is 0.320. The summed E-state index contributed by atoms with van der Waals surface area (Å²) >= 11 is 2.56. The van der Waals surface area contributed by atoms with Crippen LogP contribution in [0.4, 0.5) is 5.13 Å². The second kappa shape index (κ2) is 9.83. The van der Waals surface area contributed by atoms with Gasteiger partial charge in [-0.3, -0.25) is 19.1 Å². The zero-order valence-corrected chi connectivity index (χ0v) is 19.2. The number of benzene rings is 1. The third-order valence-corrected chi connectivity index (χ3v) is 6.18. The van der Waals surface area contributed by atoms with Gasteiger partial charge < -0.3 is 15.0 Å². The van der Waals surface area contributed by atoms with Crippen molar-refractivity contribution in [2.45, 2.75) is 18.5 Å². The Hall–Kier alpha value is -3.71. The van der Waals surface area contributed by atoms with Crippen molar-refractivity contribution in [3.8, 4) is 11.4 Å². The number of carbonyl (C=O) groups is 1. The van der Waals surface area contributed by atoms with Gasteiger partial charge in [0.2, 0.25) is 5.91 Å². The van der Waals surface area contributed by atoms with E-state index in [-0.39, 0.29) is 18.1 Å². The van der Waals surface area contributed by atoms with Crippen molar-refractivity contribution in [3.63, 3.8) is 0 Å². The lowest BCUT2D eigenvalue weighted by atomic mass is 10.2. The Morgan fingerprint density at radius 1 is 1.24 bits per heavy atom. The van der Waals surface area contributed by atoms with Crippen LogP contribution in [0.1, 0.15) is 17.2 Å². The molecule has 0 spiro atoms. The molecule has 0 radical (unpaired) electrons. The molecule has 0 saturated heterocycles. The first kappa shape index (κ1) is 22.5. The zero-order chi connectivity index (χ0) is 23.4. The number of aromatic nitrogens is 6. The Balaban J connectivity index is 1.62. The number of amides is 1. The lowest BCUT2D eigenvalue weighted by Gasteiger charge is -2.11. The summed E-state index contributed by atoms with van der Waals surface area (Å²) in [5, 5.41) is 14.1. The van der Waals surface area contributed by atoms with Crippen LogP contribution in [-0.2, 0) is 11.2 Å². The summed E-state index contributed by atoms with van der Waals surface area (Å²) in [5.41, 5.74) is 0.815. The summed E-state index contributed by atoms with van der Waals surface area (Å²) in [6.45, 7) is 1.85. The van der Waals surface area contributed by atoms with Crippen molar-refractivity contribution in [1.29, 1.82) is 0 Å². The first-order chi connectivity index (χ1) is 15.9. The van der Waals surface area contributed by atoms with Gasteiger partial charge in [0.1, 0.15) is 11.6 Å². The van der Waals surface area contributed by atoms with E-state index in [9.17, 15) is 14.4 Å². The predicted molar refractivity (Wildman–Crippen MR) is 125 cm³/mol. The van der Waals surface area contributed by atoms with Gasteiger partial charge in [-0.2, -0.15) is 0 Å². The number of H-pyrrole nitrogens is 2. The molecule has 170 valence electrons. The number of anilines is 1. The molecule has 13 heteroatoms. The van der Waals surface area contributed by atoms with Crippen molar-refractivity contribution in [2.24, 2.45) is 0 Å². The smallest absolute Gasteiger partial charge is 0.325 e. The minimum Gasteiger partial charge on any atom is -0.497 e. The molecule has 0 aliphatic rings. The molecule has 0 saturated carbocycles. The maximum Gasteiger partial charge on any atom is 0.325 e. The molecule has 1 aromatic carbocycles. The van der Waals surface area contributed by atoms with Gasteiger partial charge in [-0.1, -0.05) is 17.8 Å². The molecule has 3 N–H and O–H groups in total. The topological polar surface area (TPSA) is 148 Å². The third kappa shape index (κ3) is 5.56. The summed E-state index contributed by atoms with van der Waals surface area (Å²) in [5.74, 6) is 0.963. The van der Waals surface area contributed by atoms with E-state index in [0.29, 0.717) is 33.2 Å². The number of hydrogen-bond donors (Lipinski definition) is 3. The van der Waals surface area contributed by atoms with E-state index in [1.54, 1.807) is 23.8 Å². The molecular weight excluding hydrogens is 466 g/mol. The molecule has 1 amide bonds. The SMILES string of the molecule is COc1cccc(-n2c(Cc3cc(=O)[nH]c(=O)[nH]3)nnc2SCC(=O)Nc2nc(C)cs2)c1. The minimum atomic E-state index is -0.603. The van der Waals surface area contributed by atoms with E-state index in [1.807, 2.05) is 24.4 Å². The van der Waals surface area contributed by atoms with Crippen LogP contribution in [0, 0.1) is 6.92 Å². The summed E-state index contributed by atoms with van der Waals surface area (Å²) in [6, 6.07) is 8.56. The van der Waals surface area contributed by atoms with Crippen molar-refractivity contribution in [1.82, 2.24) is 29.7 Å². The van der Waals surface area contributed by atoms with E-state index >= 15 is 0 Å². The monoisotopic (exact) mass is 485 g/mol. The molecule has 4 rings (SSSR count). The summed E-state index contributed by atoms with van der Waals surface area (Å²) in [7, 11) is 1.56. The number of thiazole rings is 1. The number of rotatable bonds is 8. The number of aromatic amines is 2. The summed E-state index contributed by atoms with van der Waals surface area (Å²) in [4.78, 5) is 44.7. The average molecular weight is 486 g/mol. The molecule has 33 heavy (non-hydrogen) atoms. The Labute approximate surface area is 195 Å². The van der Waals surface area contributed by atoms with Crippen LogP contribution >= 0.6 is 23.1 Å². The second-order valence-corrected chi connectivity index (χ2v) is 8.66. The van der Waals surface area contributed by atoms with Crippen LogP contribution in [0.5, 0.6) is 5.75 Å². The number of nitrogens with one attached hydrogen (secondary N) is 3. The molecule has 3 heterocycles. The number of hydrogen-bond acceptors (Lipinski definition) is 9. The zero-order valence-electron chi connectivity index (χ0n) is 17.6. The Morgan fingerprint density at radius 3 is 2.82 bits per heavy atom. The van der Waals surface area contributed by atoms with E-state index in [0.717, 1.165) is 5.69 Å². The normalized spacial score (nSPS) is 10.8. The highest BCUT2D eigenvalue weighted by atomic mass is 32.2. The molecule has 0 aliphatic heterocycles. The minimum absolute atomic E-state index is 0.0859. The fourth-order valence-corrected chi connectivity index (χ4v) is 4.47. The molecule has 11 nitrogen and oxygen atoms in total. The first-order valence-corrected chi connectivity index (χ1v) is 11.5. The fraction of sp³-hybridized carbons (Fsp3) is 0.200. The largest absolute Gasteiger partial charge is 0.497 e. The maximum atomic E-state index is 12.4. The van der Waals surface area contributed by atoms with Gasteiger partial charge in [0, 0.05) is 29.6 Å². The number of methoxy groups -OCH3 is 1. The van der Waals surface area contributed by atoms with Gasteiger partial charge in [0.15, 0.2) is 10.3 Å². The van der Waals surface area contributed by atoms with Gasteiger partial charge in [-0.15, -0.1) is 21.5 Å². The molecule has 0 atom stereocenters. The Bertz CT molecular complexity index is 1380. The molecule has 4 aromatic rings. The predicted octanol–water partition coefficient (Wildman–Crippen LogP) is 1.74. The lowest BCUT2D eigenvalue weighted by Crippen LogP contribution is -2.23. The lowest BCUT2D eigenvalue weighted by molar-refractivity contribution is -0.113. The highest BCUT2D eigenvalue weighted by Gasteiger charge is 2.18. The maximum absolute atomic E-state index is 12.4. The number of carbonyl (C=O) groups excluding carboxylic acids is 1. The average Bonchev–Trinajstić information content (AvgIpc) is 3.37. The standard InChI is InChI=1S/C20H19N7O4S2/c1-11-9-32-19(21-11)24-17(29)10-33-20-26-25-15(6-12-7-16(28)23-18(30)22-12)27(20)13-4-3-5-14(8-13)31-2/h3-5,7-9H,6,10H2,1-2H3,(H,21,24,29)(H2,22,23,28,30). The number of ether oxygens (including phenoxy) is 1. The van der Waals surface area contributed by atoms with E-state index in [2.05, 4.69) is 30.5 Å². The highest BCUT2D eigenvalue weighted by molar-refractivity contribution is 7.99. The number of thioether (sulfide) groups is 1. The van der Waals surface area contributed by atoms with Crippen LogP contribution in [-0.4, -0.2) is 48.5 Å². The third-order valence-electron chi connectivity index (χ3n) is 4.37. The Morgan fingerprint density at radius 2 is 2.09 bits per heavy atom. The van der Waals surface area contributed by atoms with Crippen molar-refractivity contribution in [3.05, 3.63) is 73.8 Å². The molecular formula is C20H19N7O4S2. The molecule has 0 unspecified atom stereocenters. The first-order valence-electron chi connectivity index (χ1n) is 9.67. The van der Waals surface area contributed by atoms with Gasteiger partial charge in [-0.05, 0) is 19.1 Å². The molecule has 0 aliphatic carbocycles. The van der Waals surface area contributed by atoms with Gasteiger partial charge in [-0.25, -0.2) is 9.78 Å². The van der Waals surface area contributed by atoms with Crippen LogP contribution in [0.2, 0.25) is 0 Å². The molecule has 0 fully saturated rings. The van der Waals surface area contributed by atoms with Crippen LogP contribution in [0.15, 0.2) is 50.5 Å². The van der Waals surface area contributed by atoms with E-state index < -0.39 is 11.2 Å². The van der Waals surface area contributed by atoms with E-state index in [1.165, 1.54) is 29.2 Å². The molecule has 0 bridgehead atoms. The van der Waals surface area contributed by atoms with E-state index in [4.69, 9.17) is 4.74 Å². The van der Waals surface area contributed by atoms with Crippen molar-refractivity contribution in [2.75, 3.05) is 18.2 Å². The van der Waals surface area contributed by atoms with Crippen LogP contribution in [0.25, 0.3) is 5.69 Å².